The molecule has 0 fully saturated rings. The summed E-state index contributed by atoms with van der Waals surface area (Å²) >= 11 is 2.29. The van der Waals surface area contributed by atoms with Crippen molar-refractivity contribution in [2.24, 2.45) is 0 Å². The van der Waals surface area contributed by atoms with Crippen LogP contribution in [0.5, 0.6) is 0 Å². The predicted octanol–water partition coefficient (Wildman–Crippen LogP) is 3.48. The van der Waals surface area contributed by atoms with E-state index in [9.17, 15) is 0 Å². The van der Waals surface area contributed by atoms with Crippen LogP contribution in [0, 0.1) is 3.57 Å². The second kappa shape index (κ2) is 4.53. The van der Waals surface area contributed by atoms with Crippen LogP contribution in [0.15, 0.2) is 48.8 Å². The molecule has 2 N–H and O–H groups in total. The van der Waals surface area contributed by atoms with Crippen LogP contribution in [0.25, 0.3) is 22.0 Å². The van der Waals surface area contributed by atoms with E-state index in [1.165, 1.54) is 3.57 Å². The summed E-state index contributed by atoms with van der Waals surface area (Å²) in [5, 5.41) is 1.96. The summed E-state index contributed by atoms with van der Waals surface area (Å²) in [5.41, 5.74) is 7.94. The molecule has 0 unspecified atom stereocenters. The van der Waals surface area contributed by atoms with Gasteiger partial charge in [-0.15, -0.1) is 0 Å². The molecule has 0 atom stereocenters. The Labute approximate surface area is 118 Å². The van der Waals surface area contributed by atoms with Gasteiger partial charge in [-0.1, -0.05) is 12.1 Å². The van der Waals surface area contributed by atoms with E-state index in [-0.39, 0.29) is 0 Å². The second-order valence-corrected chi connectivity index (χ2v) is 5.25. The zero-order valence-corrected chi connectivity index (χ0v) is 11.6. The first-order valence-corrected chi connectivity index (χ1v) is 6.58. The fourth-order valence-corrected chi connectivity index (χ4v) is 2.46. The number of nitrogens with two attached hydrogens (primary N) is 1. The van der Waals surface area contributed by atoms with Crippen molar-refractivity contribution in [3.8, 4) is 11.3 Å². The Morgan fingerprint density at radius 2 is 2.00 bits per heavy atom. The number of aromatic nitrogens is 2. The third kappa shape index (κ3) is 2.03. The van der Waals surface area contributed by atoms with Crippen molar-refractivity contribution in [2.45, 2.75) is 0 Å². The smallest absolute Gasteiger partial charge is 0.132 e. The fraction of sp³-hybridized carbons (Fsp3) is 0. The lowest BCUT2D eigenvalue weighted by atomic mass is 10.1. The third-order valence-corrected chi connectivity index (χ3v) is 3.45. The van der Waals surface area contributed by atoms with Gasteiger partial charge in [-0.25, -0.2) is 4.98 Å². The molecule has 88 valence electrons. The lowest BCUT2D eigenvalue weighted by Gasteiger charge is -2.06. The van der Waals surface area contributed by atoms with Gasteiger partial charge in [0.15, 0.2) is 0 Å². The number of halogens is 1. The first-order valence-electron chi connectivity index (χ1n) is 5.50. The molecule has 0 spiro atoms. The van der Waals surface area contributed by atoms with Crippen LogP contribution in [-0.4, -0.2) is 9.97 Å². The summed E-state index contributed by atoms with van der Waals surface area (Å²) in [6.07, 6.45) is 3.54. The van der Waals surface area contributed by atoms with E-state index in [2.05, 4.69) is 44.7 Å². The lowest BCUT2D eigenvalue weighted by molar-refractivity contribution is 1.32. The molecule has 0 saturated carbocycles. The minimum Gasteiger partial charge on any atom is -0.383 e. The molecule has 0 saturated heterocycles. The van der Waals surface area contributed by atoms with E-state index in [4.69, 9.17) is 5.73 Å². The van der Waals surface area contributed by atoms with Gasteiger partial charge in [0.1, 0.15) is 5.82 Å². The minimum atomic E-state index is 0.545. The molecule has 0 radical (unpaired) electrons. The summed E-state index contributed by atoms with van der Waals surface area (Å²) in [6.45, 7) is 0. The number of fused-ring (bicyclic) bond motifs is 1. The lowest BCUT2D eigenvalue weighted by Crippen LogP contribution is -1.94. The molecule has 18 heavy (non-hydrogen) atoms. The summed E-state index contributed by atoms with van der Waals surface area (Å²) in [6, 6.07) is 12.1. The average Bonchev–Trinajstić information content (AvgIpc) is 2.39. The molecule has 3 nitrogen and oxygen atoms in total. The van der Waals surface area contributed by atoms with Crippen molar-refractivity contribution in [2.75, 3.05) is 5.73 Å². The van der Waals surface area contributed by atoms with Crippen molar-refractivity contribution in [1.82, 2.24) is 9.97 Å². The molecular weight excluding hydrogens is 337 g/mol. The van der Waals surface area contributed by atoms with Crippen LogP contribution in [0.4, 0.5) is 5.82 Å². The SMILES string of the molecule is Nc1nc(-c2cccc(I)c2)cc2cnccc12. The Balaban J connectivity index is 2.24. The molecule has 0 aliphatic rings. The molecule has 3 rings (SSSR count). The number of nitrogen functional groups attached to an aromatic ring is 1. The maximum Gasteiger partial charge on any atom is 0.132 e. The monoisotopic (exact) mass is 347 g/mol. The van der Waals surface area contributed by atoms with Gasteiger partial charge in [-0.3, -0.25) is 4.98 Å². The van der Waals surface area contributed by atoms with Crippen LogP contribution in [0.3, 0.4) is 0 Å². The number of rotatable bonds is 1. The highest BCUT2D eigenvalue weighted by molar-refractivity contribution is 14.1. The fourth-order valence-electron chi connectivity index (χ4n) is 1.92. The number of pyridine rings is 2. The summed E-state index contributed by atoms with van der Waals surface area (Å²) < 4.78 is 1.18. The van der Waals surface area contributed by atoms with Gasteiger partial charge in [-0.05, 0) is 46.9 Å². The largest absolute Gasteiger partial charge is 0.383 e. The van der Waals surface area contributed by atoms with Crippen molar-refractivity contribution < 1.29 is 0 Å². The Morgan fingerprint density at radius 1 is 1.11 bits per heavy atom. The third-order valence-electron chi connectivity index (χ3n) is 2.78. The second-order valence-electron chi connectivity index (χ2n) is 4.00. The maximum atomic E-state index is 5.99. The van der Waals surface area contributed by atoms with Crippen molar-refractivity contribution in [1.29, 1.82) is 0 Å². The van der Waals surface area contributed by atoms with E-state index in [1.54, 1.807) is 6.20 Å². The topological polar surface area (TPSA) is 51.8 Å². The Hall–Kier alpha value is -1.69. The zero-order valence-electron chi connectivity index (χ0n) is 9.47. The normalized spacial score (nSPS) is 10.7. The van der Waals surface area contributed by atoms with E-state index < -0.39 is 0 Å². The van der Waals surface area contributed by atoms with Gasteiger partial charge < -0.3 is 5.73 Å². The summed E-state index contributed by atoms with van der Waals surface area (Å²) in [4.78, 5) is 8.58. The van der Waals surface area contributed by atoms with Crippen molar-refractivity contribution in [3.05, 3.63) is 52.4 Å². The highest BCUT2D eigenvalue weighted by Gasteiger charge is 2.05. The molecule has 0 amide bonds. The number of benzene rings is 1. The first-order chi connectivity index (χ1) is 8.74. The van der Waals surface area contributed by atoms with Gasteiger partial charge in [-0.2, -0.15) is 0 Å². The minimum absolute atomic E-state index is 0.545. The van der Waals surface area contributed by atoms with E-state index in [0.717, 1.165) is 22.0 Å². The van der Waals surface area contributed by atoms with Gasteiger partial charge >= 0.3 is 0 Å². The van der Waals surface area contributed by atoms with Crippen molar-refractivity contribution >= 4 is 39.2 Å². The highest BCUT2D eigenvalue weighted by Crippen LogP contribution is 2.26. The molecule has 2 aromatic heterocycles. The summed E-state index contributed by atoms with van der Waals surface area (Å²) in [7, 11) is 0. The van der Waals surface area contributed by atoms with Crippen LogP contribution in [-0.2, 0) is 0 Å². The zero-order chi connectivity index (χ0) is 12.5. The Kier molecular flexibility index (Phi) is 2.87. The Morgan fingerprint density at radius 3 is 2.83 bits per heavy atom. The summed E-state index contributed by atoms with van der Waals surface area (Å²) in [5.74, 6) is 0.545. The van der Waals surface area contributed by atoms with Crippen LogP contribution in [0.2, 0.25) is 0 Å². The predicted molar refractivity (Wildman–Crippen MR) is 82.1 cm³/mol. The van der Waals surface area contributed by atoms with E-state index in [1.807, 2.05) is 30.5 Å². The highest BCUT2D eigenvalue weighted by atomic mass is 127. The standard InChI is InChI=1S/C14H10IN3/c15-11-3-1-2-9(6-11)13-7-10-8-17-5-4-12(10)14(16)18-13/h1-8H,(H2,16,18). The molecule has 0 aliphatic heterocycles. The van der Waals surface area contributed by atoms with Crippen LogP contribution < -0.4 is 5.73 Å². The van der Waals surface area contributed by atoms with Crippen LogP contribution in [0.1, 0.15) is 0 Å². The number of anilines is 1. The van der Waals surface area contributed by atoms with Gasteiger partial charge in [0.2, 0.25) is 0 Å². The number of hydrogen-bond acceptors (Lipinski definition) is 3. The van der Waals surface area contributed by atoms with Gasteiger partial charge in [0, 0.05) is 32.3 Å². The van der Waals surface area contributed by atoms with E-state index >= 15 is 0 Å². The number of nitrogens with zero attached hydrogens (tertiary/aromatic N) is 2. The molecule has 4 heteroatoms. The molecule has 0 aliphatic carbocycles. The van der Waals surface area contributed by atoms with Gasteiger partial charge in [0.25, 0.3) is 0 Å². The van der Waals surface area contributed by atoms with Crippen LogP contribution >= 0.6 is 22.6 Å². The molecule has 3 aromatic rings. The average molecular weight is 347 g/mol. The maximum absolute atomic E-state index is 5.99. The molecule has 2 heterocycles. The Bertz CT molecular complexity index is 725. The molecular formula is C14H10IN3. The van der Waals surface area contributed by atoms with Gasteiger partial charge in [0.05, 0.1) is 5.69 Å². The molecule has 0 bridgehead atoms. The number of hydrogen-bond donors (Lipinski definition) is 1. The quantitative estimate of drug-likeness (QED) is 0.686. The van der Waals surface area contributed by atoms with Crippen molar-refractivity contribution in [3.63, 3.8) is 0 Å². The molecule has 1 aromatic carbocycles. The van der Waals surface area contributed by atoms with E-state index in [0.29, 0.717) is 5.82 Å². The first kappa shape index (κ1) is 11.4.